The summed E-state index contributed by atoms with van der Waals surface area (Å²) < 4.78 is 17.1. The smallest absolute Gasteiger partial charge is 0.234 e. The number of para-hydroxylation sites is 1. The van der Waals surface area contributed by atoms with Crippen molar-refractivity contribution in [1.29, 1.82) is 5.26 Å². The van der Waals surface area contributed by atoms with Crippen LogP contribution in [0.4, 0.5) is 0 Å². The lowest BCUT2D eigenvalue weighted by molar-refractivity contribution is -0.120. The van der Waals surface area contributed by atoms with Gasteiger partial charge in [-0.25, -0.2) is 0 Å². The zero-order chi connectivity index (χ0) is 21.3. The Kier molecular flexibility index (Phi) is 7.90. The van der Waals surface area contributed by atoms with Crippen molar-refractivity contribution in [1.82, 2.24) is 5.32 Å². The number of hydrogen-bond donors (Lipinski definition) is 1. The predicted molar refractivity (Wildman–Crippen MR) is 111 cm³/mol. The maximum absolute atomic E-state index is 11.5. The minimum Gasteiger partial charge on any atom is -0.493 e. The van der Waals surface area contributed by atoms with Crippen molar-refractivity contribution in [3.8, 4) is 23.3 Å². The SMILES string of the molecule is COc1ccc(CNC(=O)CC#N)cc1OCCOc1ccccc1C(C)(C)C. The fraction of sp³-hybridized carbons (Fsp3) is 0.391. The molecule has 0 bridgehead atoms. The van der Waals surface area contributed by atoms with Crippen molar-refractivity contribution in [2.24, 2.45) is 0 Å². The zero-order valence-electron chi connectivity index (χ0n) is 17.5. The van der Waals surface area contributed by atoms with Crippen molar-refractivity contribution >= 4 is 5.91 Å². The lowest BCUT2D eigenvalue weighted by atomic mass is 9.86. The van der Waals surface area contributed by atoms with Crippen molar-refractivity contribution in [2.45, 2.75) is 39.2 Å². The number of methoxy groups -OCH3 is 1. The third-order valence-electron chi connectivity index (χ3n) is 4.25. The molecule has 2 aromatic carbocycles. The number of nitrogens with one attached hydrogen (secondary N) is 1. The second-order valence-electron chi connectivity index (χ2n) is 7.54. The van der Waals surface area contributed by atoms with Gasteiger partial charge in [0.1, 0.15) is 25.4 Å². The van der Waals surface area contributed by atoms with Crippen LogP contribution < -0.4 is 19.5 Å². The topological polar surface area (TPSA) is 80.6 Å². The highest BCUT2D eigenvalue weighted by Crippen LogP contribution is 2.31. The molecule has 0 unspecified atom stereocenters. The lowest BCUT2D eigenvalue weighted by Gasteiger charge is -2.22. The summed E-state index contributed by atoms with van der Waals surface area (Å²) in [6, 6.07) is 15.3. The molecule has 1 N–H and O–H groups in total. The fourth-order valence-electron chi connectivity index (χ4n) is 2.79. The van der Waals surface area contributed by atoms with Crippen molar-refractivity contribution in [3.63, 3.8) is 0 Å². The molecule has 0 atom stereocenters. The fourth-order valence-corrected chi connectivity index (χ4v) is 2.79. The van der Waals surface area contributed by atoms with Gasteiger partial charge in [0, 0.05) is 6.54 Å². The van der Waals surface area contributed by atoms with E-state index in [1.807, 2.05) is 36.4 Å². The summed E-state index contributed by atoms with van der Waals surface area (Å²) in [5.74, 6) is 1.72. The molecular formula is C23H28N2O4. The molecule has 0 saturated carbocycles. The van der Waals surface area contributed by atoms with Crippen LogP contribution in [-0.4, -0.2) is 26.2 Å². The second kappa shape index (κ2) is 10.4. The van der Waals surface area contributed by atoms with Crippen LogP contribution in [0.3, 0.4) is 0 Å². The van der Waals surface area contributed by atoms with Crippen LogP contribution in [0.5, 0.6) is 17.2 Å². The minimum atomic E-state index is -0.309. The molecular weight excluding hydrogens is 368 g/mol. The molecule has 2 aromatic rings. The van der Waals surface area contributed by atoms with Crippen LogP contribution in [0.2, 0.25) is 0 Å². The first-order valence-electron chi connectivity index (χ1n) is 9.51. The number of rotatable bonds is 9. The van der Waals surface area contributed by atoms with Gasteiger partial charge in [0.05, 0.1) is 13.2 Å². The monoisotopic (exact) mass is 396 g/mol. The number of carbonyl (C=O) groups is 1. The van der Waals surface area contributed by atoms with Crippen LogP contribution in [0.25, 0.3) is 0 Å². The number of carbonyl (C=O) groups excluding carboxylic acids is 1. The third-order valence-corrected chi connectivity index (χ3v) is 4.25. The highest BCUT2D eigenvalue weighted by molar-refractivity contribution is 5.77. The molecule has 29 heavy (non-hydrogen) atoms. The molecule has 0 heterocycles. The molecule has 0 aliphatic rings. The van der Waals surface area contributed by atoms with E-state index in [9.17, 15) is 4.79 Å². The Bertz CT molecular complexity index is 866. The number of nitrogens with zero attached hydrogens (tertiary/aromatic N) is 1. The lowest BCUT2D eigenvalue weighted by Crippen LogP contribution is -2.21. The van der Waals surface area contributed by atoms with E-state index in [1.165, 1.54) is 0 Å². The standard InChI is InChI=1S/C23H28N2O4/c1-23(2,3)18-7-5-6-8-19(18)28-13-14-29-21-15-17(9-10-20(21)27-4)16-25-22(26)11-12-24/h5-10,15H,11,13-14,16H2,1-4H3,(H,25,26). The van der Waals surface area contributed by atoms with Gasteiger partial charge in [-0.2, -0.15) is 5.26 Å². The van der Waals surface area contributed by atoms with Gasteiger partial charge >= 0.3 is 0 Å². The first-order chi connectivity index (χ1) is 13.8. The normalized spacial score (nSPS) is 10.7. The molecule has 0 aliphatic carbocycles. The molecule has 6 nitrogen and oxygen atoms in total. The van der Waals surface area contributed by atoms with Gasteiger partial charge in [0.2, 0.25) is 5.91 Å². The number of nitriles is 1. The highest BCUT2D eigenvalue weighted by Gasteiger charge is 2.18. The molecule has 0 spiro atoms. The molecule has 0 radical (unpaired) electrons. The Balaban J connectivity index is 1.95. The Hall–Kier alpha value is -3.20. The van der Waals surface area contributed by atoms with Crippen molar-refractivity contribution in [2.75, 3.05) is 20.3 Å². The maximum atomic E-state index is 11.5. The summed E-state index contributed by atoms with van der Waals surface area (Å²) in [7, 11) is 1.58. The third kappa shape index (κ3) is 6.72. The van der Waals surface area contributed by atoms with E-state index in [1.54, 1.807) is 13.2 Å². The summed E-state index contributed by atoms with van der Waals surface area (Å²) in [6.07, 6.45) is -0.160. The number of hydrogen-bond acceptors (Lipinski definition) is 5. The van der Waals surface area contributed by atoms with E-state index in [0.29, 0.717) is 31.3 Å². The second-order valence-corrected chi connectivity index (χ2v) is 7.54. The van der Waals surface area contributed by atoms with Crippen LogP contribution in [0, 0.1) is 11.3 Å². The summed E-state index contributed by atoms with van der Waals surface area (Å²) in [5.41, 5.74) is 1.99. The average molecular weight is 396 g/mol. The largest absolute Gasteiger partial charge is 0.493 e. The Morgan fingerprint density at radius 3 is 2.38 bits per heavy atom. The zero-order valence-corrected chi connectivity index (χ0v) is 17.5. The molecule has 6 heteroatoms. The summed E-state index contributed by atoms with van der Waals surface area (Å²) in [6.45, 7) is 7.50. The van der Waals surface area contributed by atoms with Crippen LogP contribution in [-0.2, 0) is 16.8 Å². The minimum absolute atomic E-state index is 0.00895. The van der Waals surface area contributed by atoms with Crippen molar-refractivity contribution < 1.29 is 19.0 Å². The molecule has 0 aliphatic heterocycles. The summed E-state index contributed by atoms with van der Waals surface area (Å²) in [5, 5.41) is 11.2. The maximum Gasteiger partial charge on any atom is 0.234 e. The number of benzene rings is 2. The van der Waals surface area contributed by atoms with E-state index >= 15 is 0 Å². The molecule has 2 rings (SSSR count). The Morgan fingerprint density at radius 1 is 1.03 bits per heavy atom. The van der Waals surface area contributed by atoms with E-state index in [4.69, 9.17) is 19.5 Å². The van der Waals surface area contributed by atoms with E-state index in [-0.39, 0.29) is 17.7 Å². The van der Waals surface area contributed by atoms with Gasteiger partial charge in [0.15, 0.2) is 11.5 Å². The average Bonchev–Trinajstić information content (AvgIpc) is 2.69. The van der Waals surface area contributed by atoms with Crippen LogP contribution in [0.15, 0.2) is 42.5 Å². The summed E-state index contributed by atoms with van der Waals surface area (Å²) in [4.78, 5) is 11.5. The van der Waals surface area contributed by atoms with Gasteiger partial charge in [-0.3, -0.25) is 4.79 Å². The van der Waals surface area contributed by atoms with Gasteiger partial charge in [-0.05, 0) is 34.7 Å². The molecule has 0 aromatic heterocycles. The molecule has 0 saturated heterocycles. The molecule has 1 amide bonds. The van der Waals surface area contributed by atoms with Gasteiger partial charge in [0.25, 0.3) is 0 Å². The predicted octanol–water partition coefficient (Wildman–Crippen LogP) is 3.98. The van der Waals surface area contributed by atoms with E-state index < -0.39 is 0 Å². The van der Waals surface area contributed by atoms with Crippen molar-refractivity contribution in [3.05, 3.63) is 53.6 Å². The summed E-state index contributed by atoms with van der Waals surface area (Å²) >= 11 is 0. The van der Waals surface area contributed by atoms with Gasteiger partial charge in [-0.1, -0.05) is 45.0 Å². The Morgan fingerprint density at radius 2 is 1.72 bits per heavy atom. The molecule has 154 valence electrons. The first kappa shape index (κ1) is 22.1. The Labute approximate surface area is 172 Å². The first-order valence-corrected chi connectivity index (χ1v) is 9.51. The molecule has 0 fully saturated rings. The number of amides is 1. The van der Waals surface area contributed by atoms with Gasteiger partial charge < -0.3 is 19.5 Å². The quantitative estimate of drug-likeness (QED) is 0.649. The van der Waals surface area contributed by atoms with Gasteiger partial charge in [-0.15, -0.1) is 0 Å². The van der Waals surface area contributed by atoms with Crippen LogP contribution in [0.1, 0.15) is 38.3 Å². The van der Waals surface area contributed by atoms with Crippen LogP contribution >= 0.6 is 0 Å². The van der Waals surface area contributed by atoms with E-state index in [2.05, 4.69) is 32.2 Å². The van der Waals surface area contributed by atoms with E-state index in [0.717, 1.165) is 16.9 Å². The highest BCUT2D eigenvalue weighted by atomic mass is 16.5. The number of ether oxygens (including phenoxy) is 3.